The number of nitrogens with one attached hydrogen (secondary N) is 1. The Bertz CT molecular complexity index is 997. The molecule has 0 aliphatic carbocycles. The molecule has 1 heterocycles. The third-order valence-electron chi connectivity index (χ3n) is 4.37. The predicted octanol–water partition coefficient (Wildman–Crippen LogP) is 2.97. The Kier molecular flexibility index (Phi) is 6.45. The molecule has 2 N–H and O–H groups in total. The second-order valence-corrected chi connectivity index (χ2v) is 6.52. The maximum Gasteiger partial charge on any atom is 0.336 e. The summed E-state index contributed by atoms with van der Waals surface area (Å²) in [4.78, 5) is 23.7. The minimum Gasteiger partial charge on any atom is -0.484 e. The SMILES string of the molecule is CCCc1cc(=O)oc2cc(OCC(=O)NC[C@H](O)c3ccccc3)ccc12. The highest BCUT2D eigenvalue weighted by Crippen LogP contribution is 2.23. The zero-order valence-electron chi connectivity index (χ0n) is 15.7. The van der Waals surface area contributed by atoms with E-state index in [2.05, 4.69) is 5.32 Å². The van der Waals surface area contributed by atoms with Crippen molar-refractivity contribution < 1.29 is 19.1 Å². The van der Waals surface area contributed by atoms with Crippen LogP contribution in [-0.4, -0.2) is 24.2 Å². The first kappa shape index (κ1) is 19.6. The first-order valence-corrected chi connectivity index (χ1v) is 9.26. The van der Waals surface area contributed by atoms with Crippen LogP contribution in [-0.2, 0) is 11.2 Å². The van der Waals surface area contributed by atoms with Gasteiger partial charge in [-0.2, -0.15) is 0 Å². The van der Waals surface area contributed by atoms with E-state index in [1.165, 1.54) is 6.07 Å². The van der Waals surface area contributed by atoms with Crippen LogP contribution in [0.2, 0.25) is 0 Å². The van der Waals surface area contributed by atoms with E-state index in [0.717, 1.165) is 29.4 Å². The number of carbonyl (C=O) groups is 1. The highest BCUT2D eigenvalue weighted by molar-refractivity contribution is 5.82. The van der Waals surface area contributed by atoms with Gasteiger partial charge in [0.05, 0.1) is 6.10 Å². The molecule has 0 aliphatic rings. The van der Waals surface area contributed by atoms with Gasteiger partial charge in [0.2, 0.25) is 0 Å². The van der Waals surface area contributed by atoms with Gasteiger partial charge < -0.3 is 19.6 Å². The molecule has 3 aromatic rings. The molecule has 6 nitrogen and oxygen atoms in total. The molecule has 0 unspecified atom stereocenters. The lowest BCUT2D eigenvalue weighted by molar-refractivity contribution is -0.123. The lowest BCUT2D eigenvalue weighted by Gasteiger charge is -2.13. The predicted molar refractivity (Wildman–Crippen MR) is 106 cm³/mol. The van der Waals surface area contributed by atoms with E-state index >= 15 is 0 Å². The molecule has 0 saturated carbocycles. The fraction of sp³-hybridized carbons (Fsp3) is 0.273. The van der Waals surface area contributed by atoms with Crippen LogP contribution in [0.25, 0.3) is 11.0 Å². The quantitative estimate of drug-likeness (QED) is 0.586. The van der Waals surface area contributed by atoms with Gasteiger partial charge in [0.15, 0.2) is 6.61 Å². The van der Waals surface area contributed by atoms with E-state index in [0.29, 0.717) is 11.3 Å². The van der Waals surface area contributed by atoms with Crippen LogP contribution in [0, 0.1) is 0 Å². The van der Waals surface area contributed by atoms with Crippen molar-refractivity contribution in [2.75, 3.05) is 13.2 Å². The molecule has 2 aromatic carbocycles. The van der Waals surface area contributed by atoms with E-state index in [-0.39, 0.29) is 19.1 Å². The van der Waals surface area contributed by atoms with Gasteiger partial charge in [-0.05, 0) is 29.7 Å². The number of benzene rings is 2. The molecule has 1 amide bonds. The summed E-state index contributed by atoms with van der Waals surface area (Å²) < 4.78 is 10.8. The summed E-state index contributed by atoms with van der Waals surface area (Å²) in [5, 5.41) is 13.6. The standard InChI is InChI=1S/C22H23NO5/c1-2-6-16-11-22(26)28-20-12-17(9-10-18(16)20)27-14-21(25)23-13-19(24)15-7-4-3-5-8-15/h3-5,7-12,19,24H,2,6,13-14H2,1H3,(H,23,25)/t19-/m0/s1. The molecule has 0 saturated heterocycles. The lowest BCUT2D eigenvalue weighted by Crippen LogP contribution is -2.32. The number of aryl methyl sites for hydroxylation is 1. The van der Waals surface area contributed by atoms with Crippen molar-refractivity contribution in [3.63, 3.8) is 0 Å². The fourth-order valence-corrected chi connectivity index (χ4v) is 2.98. The van der Waals surface area contributed by atoms with Crippen molar-refractivity contribution in [1.29, 1.82) is 0 Å². The highest BCUT2D eigenvalue weighted by Gasteiger charge is 2.11. The first-order valence-electron chi connectivity index (χ1n) is 9.26. The largest absolute Gasteiger partial charge is 0.484 e. The van der Waals surface area contributed by atoms with Crippen LogP contribution < -0.4 is 15.7 Å². The van der Waals surface area contributed by atoms with Crippen molar-refractivity contribution in [2.24, 2.45) is 0 Å². The van der Waals surface area contributed by atoms with Crippen molar-refractivity contribution in [3.05, 3.63) is 76.1 Å². The number of aliphatic hydroxyl groups excluding tert-OH is 1. The van der Waals surface area contributed by atoms with Crippen LogP contribution in [0.1, 0.15) is 30.6 Å². The zero-order chi connectivity index (χ0) is 19.9. The van der Waals surface area contributed by atoms with Gasteiger partial charge in [0, 0.05) is 24.1 Å². The molecular weight excluding hydrogens is 358 g/mol. The zero-order valence-corrected chi connectivity index (χ0v) is 15.7. The molecule has 0 spiro atoms. The molecule has 0 fully saturated rings. The Morgan fingerprint density at radius 2 is 1.96 bits per heavy atom. The van der Waals surface area contributed by atoms with E-state index in [1.54, 1.807) is 24.3 Å². The van der Waals surface area contributed by atoms with Crippen molar-refractivity contribution in [3.8, 4) is 5.75 Å². The number of fused-ring (bicyclic) bond motifs is 1. The van der Waals surface area contributed by atoms with Crippen LogP contribution in [0.15, 0.2) is 63.8 Å². The maximum atomic E-state index is 12.0. The smallest absolute Gasteiger partial charge is 0.336 e. The summed E-state index contributed by atoms with van der Waals surface area (Å²) in [6.45, 7) is 1.94. The summed E-state index contributed by atoms with van der Waals surface area (Å²) in [7, 11) is 0. The lowest BCUT2D eigenvalue weighted by atomic mass is 10.1. The van der Waals surface area contributed by atoms with Crippen LogP contribution >= 0.6 is 0 Å². The monoisotopic (exact) mass is 381 g/mol. The van der Waals surface area contributed by atoms with Gasteiger partial charge >= 0.3 is 5.63 Å². The number of amides is 1. The van der Waals surface area contributed by atoms with Crippen LogP contribution in [0.3, 0.4) is 0 Å². The minimum atomic E-state index is -0.780. The van der Waals surface area contributed by atoms with Gasteiger partial charge in [-0.15, -0.1) is 0 Å². The van der Waals surface area contributed by atoms with Gasteiger partial charge in [-0.3, -0.25) is 4.79 Å². The summed E-state index contributed by atoms with van der Waals surface area (Å²) >= 11 is 0. The van der Waals surface area contributed by atoms with E-state index in [1.807, 2.05) is 31.2 Å². The molecule has 1 aromatic heterocycles. The third kappa shape index (κ3) is 4.98. The molecule has 1 atom stereocenters. The van der Waals surface area contributed by atoms with E-state index < -0.39 is 11.7 Å². The number of hydrogen-bond donors (Lipinski definition) is 2. The Balaban J connectivity index is 1.58. The molecule has 28 heavy (non-hydrogen) atoms. The molecule has 0 aliphatic heterocycles. The second-order valence-electron chi connectivity index (χ2n) is 6.52. The molecule has 0 radical (unpaired) electrons. The van der Waals surface area contributed by atoms with Gasteiger partial charge in [-0.1, -0.05) is 43.7 Å². The van der Waals surface area contributed by atoms with E-state index in [9.17, 15) is 14.7 Å². The molecule has 146 valence electrons. The third-order valence-corrected chi connectivity index (χ3v) is 4.37. The molecular formula is C22H23NO5. The molecule has 0 bridgehead atoms. The number of aliphatic hydroxyl groups is 1. The number of hydrogen-bond acceptors (Lipinski definition) is 5. The normalized spacial score (nSPS) is 11.9. The summed E-state index contributed by atoms with van der Waals surface area (Å²) in [5.41, 5.74) is 1.71. The Morgan fingerprint density at radius 3 is 2.71 bits per heavy atom. The second kappa shape index (κ2) is 9.19. The summed E-state index contributed by atoms with van der Waals surface area (Å²) in [5.74, 6) is 0.0827. The fourth-order valence-electron chi connectivity index (χ4n) is 2.98. The van der Waals surface area contributed by atoms with Crippen LogP contribution in [0.4, 0.5) is 0 Å². The minimum absolute atomic E-state index is 0.0964. The Hall–Kier alpha value is -3.12. The average molecular weight is 381 g/mol. The number of rotatable bonds is 8. The molecule has 3 rings (SSSR count). The van der Waals surface area contributed by atoms with E-state index in [4.69, 9.17) is 9.15 Å². The Labute approximate surface area is 162 Å². The van der Waals surface area contributed by atoms with Gasteiger partial charge in [0.1, 0.15) is 11.3 Å². The highest BCUT2D eigenvalue weighted by atomic mass is 16.5. The summed E-state index contributed by atoms with van der Waals surface area (Å²) in [6, 6.07) is 15.8. The topological polar surface area (TPSA) is 88.8 Å². The first-order chi connectivity index (χ1) is 13.6. The van der Waals surface area contributed by atoms with Crippen molar-refractivity contribution in [2.45, 2.75) is 25.9 Å². The maximum absolute atomic E-state index is 12.0. The van der Waals surface area contributed by atoms with Gasteiger partial charge in [-0.25, -0.2) is 4.79 Å². The van der Waals surface area contributed by atoms with Crippen molar-refractivity contribution >= 4 is 16.9 Å². The Morgan fingerprint density at radius 1 is 1.18 bits per heavy atom. The van der Waals surface area contributed by atoms with Gasteiger partial charge in [0.25, 0.3) is 5.91 Å². The molecule has 6 heteroatoms. The van der Waals surface area contributed by atoms with Crippen LogP contribution in [0.5, 0.6) is 5.75 Å². The number of carbonyl (C=O) groups excluding carboxylic acids is 1. The average Bonchev–Trinajstić information content (AvgIpc) is 2.71. The number of ether oxygens (including phenoxy) is 1. The van der Waals surface area contributed by atoms with Crippen molar-refractivity contribution in [1.82, 2.24) is 5.32 Å². The summed E-state index contributed by atoms with van der Waals surface area (Å²) in [6.07, 6.45) is 0.928.